The highest BCUT2D eigenvalue weighted by molar-refractivity contribution is 9.10. The Morgan fingerprint density at radius 3 is 2.94 bits per heavy atom. The summed E-state index contributed by atoms with van der Waals surface area (Å²) in [6.45, 7) is 3.05. The second kappa shape index (κ2) is 5.12. The van der Waals surface area contributed by atoms with E-state index in [1.54, 1.807) is 11.3 Å². The lowest BCUT2D eigenvalue weighted by atomic mass is 10.1. The van der Waals surface area contributed by atoms with Crippen LogP contribution in [0.4, 0.5) is 0 Å². The summed E-state index contributed by atoms with van der Waals surface area (Å²) in [5.74, 6) is 0. The quantitative estimate of drug-likeness (QED) is 0.941. The number of nitrogens with one attached hydrogen (secondary N) is 1. The van der Waals surface area contributed by atoms with Crippen molar-refractivity contribution in [1.82, 2.24) is 15.1 Å². The number of hydrogen-bond acceptors (Lipinski definition) is 3. The molecule has 1 atom stereocenters. The minimum absolute atomic E-state index is 0.230. The Bertz CT molecular complexity index is 463. The fourth-order valence-corrected chi connectivity index (χ4v) is 3.37. The second-order valence-corrected chi connectivity index (χ2v) is 5.37. The Morgan fingerprint density at radius 1 is 1.62 bits per heavy atom. The van der Waals surface area contributed by atoms with Gasteiger partial charge in [0.1, 0.15) is 0 Å². The third-order valence-electron chi connectivity index (χ3n) is 2.37. The summed E-state index contributed by atoms with van der Waals surface area (Å²) < 4.78 is 2.99. The lowest BCUT2D eigenvalue weighted by molar-refractivity contribution is 0.637. The van der Waals surface area contributed by atoms with Gasteiger partial charge in [-0.05, 0) is 33.9 Å². The Morgan fingerprint density at radius 2 is 2.44 bits per heavy atom. The fraction of sp³-hybridized carbons (Fsp3) is 0.364. The van der Waals surface area contributed by atoms with Crippen LogP contribution < -0.4 is 5.32 Å². The third kappa shape index (κ3) is 2.36. The van der Waals surface area contributed by atoms with E-state index in [4.69, 9.17) is 0 Å². The van der Waals surface area contributed by atoms with Gasteiger partial charge in [0.2, 0.25) is 0 Å². The van der Waals surface area contributed by atoms with Crippen LogP contribution in [0.3, 0.4) is 0 Å². The first-order valence-electron chi connectivity index (χ1n) is 5.17. The fourth-order valence-electron chi connectivity index (χ4n) is 1.67. The van der Waals surface area contributed by atoms with Crippen molar-refractivity contribution in [3.05, 3.63) is 38.8 Å². The van der Waals surface area contributed by atoms with E-state index >= 15 is 0 Å². The molecule has 0 saturated carbocycles. The zero-order valence-electron chi connectivity index (χ0n) is 9.27. The summed E-state index contributed by atoms with van der Waals surface area (Å²) >= 11 is 5.34. The molecule has 0 fully saturated rings. The van der Waals surface area contributed by atoms with Crippen molar-refractivity contribution >= 4 is 27.3 Å². The van der Waals surface area contributed by atoms with Crippen LogP contribution in [0.2, 0.25) is 0 Å². The van der Waals surface area contributed by atoms with Crippen molar-refractivity contribution in [2.45, 2.75) is 13.0 Å². The van der Waals surface area contributed by atoms with E-state index in [2.05, 4.69) is 50.9 Å². The molecule has 0 radical (unpaired) electrons. The number of rotatable bonds is 4. The summed E-state index contributed by atoms with van der Waals surface area (Å²) in [5.41, 5.74) is 1.20. The van der Waals surface area contributed by atoms with Crippen LogP contribution in [0.5, 0.6) is 0 Å². The minimum Gasteiger partial charge on any atom is -0.306 e. The summed E-state index contributed by atoms with van der Waals surface area (Å²) in [7, 11) is 1.94. The molecule has 0 bridgehead atoms. The monoisotopic (exact) mass is 299 g/mol. The Hall–Kier alpha value is -0.650. The molecule has 16 heavy (non-hydrogen) atoms. The molecule has 0 amide bonds. The van der Waals surface area contributed by atoms with Crippen molar-refractivity contribution in [3.8, 4) is 0 Å². The third-order valence-corrected chi connectivity index (χ3v) is 4.31. The standard InChI is InChI=1S/C11H14BrN3S/c1-3-13-10(8-6-14-15(2)7-8)11-9(12)4-5-16-11/h4-7,10,13H,3H2,1-2H3. The van der Waals surface area contributed by atoms with Crippen LogP contribution in [0, 0.1) is 0 Å². The van der Waals surface area contributed by atoms with Crippen LogP contribution in [0.15, 0.2) is 28.3 Å². The maximum absolute atomic E-state index is 4.23. The highest BCUT2D eigenvalue weighted by Gasteiger charge is 2.18. The molecule has 0 aliphatic carbocycles. The van der Waals surface area contributed by atoms with Gasteiger partial charge >= 0.3 is 0 Å². The number of nitrogens with zero attached hydrogens (tertiary/aromatic N) is 2. The normalized spacial score (nSPS) is 12.9. The highest BCUT2D eigenvalue weighted by Crippen LogP contribution is 2.32. The van der Waals surface area contributed by atoms with E-state index in [0.29, 0.717) is 0 Å². The summed E-state index contributed by atoms with van der Waals surface area (Å²) in [6, 6.07) is 2.31. The minimum atomic E-state index is 0.230. The predicted octanol–water partition coefficient (Wildman–Crippen LogP) is 2.94. The zero-order valence-corrected chi connectivity index (χ0v) is 11.7. The SMILES string of the molecule is CCNC(c1cnn(C)c1)c1sccc1Br. The second-order valence-electron chi connectivity index (χ2n) is 3.57. The van der Waals surface area contributed by atoms with Crippen molar-refractivity contribution in [3.63, 3.8) is 0 Å². The molecule has 2 rings (SSSR count). The number of thiophene rings is 1. The average molecular weight is 300 g/mol. The van der Waals surface area contributed by atoms with E-state index < -0.39 is 0 Å². The van der Waals surface area contributed by atoms with E-state index in [0.717, 1.165) is 11.0 Å². The maximum atomic E-state index is 4.23. The van der Waals surface area contributed by atoms with Crippen LogP contribution in [-0.2, 0) is 7.05 Å². The number of aromatic nitrogens is 2. The first kappa shape index (κ1) is 11.8. The molecule has 1 unspecified atom stereocenters. The summed E-state index contributed by atoms with van der Waals surface area (Å²) in [4.78, 5) is 1.30. The Kier molecular flexibility index (Phi) is 3.78. The van der Waals surface area contributed by atoms with Crippen LogP contribution in [0.25, 0.3) is 0 Å². The van der Waals surface area contributed by atoms with Gasteiger partial charge < -0.3 is 5.32 Å². The number of halogens is 1. The van der Waals surface area contributed by atoms with Gasteiger partial charge in [0.15, 0.2) is 0 Å². The molecule has 2 aromatic heterocycles. The summed E-state index contributed by atoms with van der Waals surface area (Å²) in [5, 5.41) is 9.81. The van der Waals surface area contributed by atoms with Gasteiger partial charge in [-0.1, -0.05) is 6.92 Å². The topological polar surface area (TPSA) is 29.9 Å². The molecule has 2 heterocycles. The van der Waals surface area contributed by atoms with E-state index in [-0.39, 0.29) is 6.04 Å². The lowest BCUT2D eigenvalue weighted by Crippen LogP contribution is -2.21. The van der Waals surface area contributed by atoms with Gasteiger partial charge in [-0.25, -0.2) is 0 Å². The molecule has 1 N–H and O–H groups in total. The van der Waals surface area contributed by atoms with Gasteiger partial charge in [0.25, 0.3) is 0 Å². The molecule has 0 spiro atoms. The van der Waals surface area contributed by atoms with Crippen molar-refractivity contribution in [2.24, 2.45) is 7.05 Å². The average Bonchev–Trinajstić information content (AvgIpc) is 2.84. The first-order chi connectivity index (χ1) is 7.72. The van der Waals surface area contributed by atoms with E-state index in [9.17, 15) is 0 Å². The predicted molar refractivity (Wildman–Crippen MR) is 70.7 cm³/mol. The van der Waals surface area contributed by atoms with E-state index in [1.165, 1.54) is 10.4 Å². The largest absolute Gasteiger partial charge is 0.306 e. The van der Waals surface area contributed by atoms with Crippen LogP contribution in [0.1, 0.15) is 23.4 Å². The van der Waals surface area contributed by atoms with Gasteiger partial charge in [-0.2, -0.15) is 5.10 Å². The molecule has 0 aromatic carbocycles. The maximum Gasteiger partial charge on any atom is 0.0713 e. The molecule has 3 nitrogen and oxygen atoms in total. The molecule has 5 heteroatoms. The molecule has 0 saturated heterocycles. The number of hydrogen-bond donors (Lipinski definition) is 1. The van der Waals surface area contributed by atoms with Gasteiger partial charge in [-0.15, -0.1) is 11.3 Å². The van der Waals surface area contributed by atoms with E-state index in [1.807, 2.05) is 17.9 Å². The number of aryl methyl sites for hydroxylation is 1. The Labute approximate surface area is 108 Å². The van der Waals surface area contributed by atoms with Crippen molar-refractivity contribution in [2.75, 3.05) is 6.54 Å². The van der Waals surface area contributed by atoms with Gasteiger partial charge in [0.05, 0.1) is 12.2 Å². The highest BCUT2D eigenvalue weighted by atomic mass is 79.9. The zero-order chi connectivity index (χ0) is 11.5. The molecular formula is C11H14BrN3S. The molecule has 86 valence electrons. The van der Waals surface area contributed by atoms with Crippen molar-refractivity contribution in [1.29, 1.82) is 0 Å². The lowest BCUT2D eigenvalue weighted by Gasteiger charge is -2.15. The van der Waals surface area contributed by atoms with Crippen molar-refractivity contribution < 1.29 is 0 Å². The van der Waals surface area contributed by atoms with Crippen LogP contribution in [-0.4, -0.2) is 16.3 Å². The smallest absolute Gasteiger partial charge is 0.0713 e. The Balaban J connectivity index is 2.34. The first-order valence-corrected chi connectivity index (χ1v) is 6.84. The van der Waals surface area contributed by atoms with Crippen LogP contribution >= 0.6 is 27.3 Å². The van der Waals surface area contributed by atoms with Gasteiger partial charge in [0, 0.05) is 28.2 Å². The summed E-state index contributed by atoms with van der Waals surface area (Å²) in [6.07, 6.45) is 3.97. The van der Waals surface area contributed by atoms with Gasteiger partial charge in [-0.3, -0.25) is 4.68 Å². The molecule has 0 aliphatic heterocycles. The molecule has 2 aromatic rings. The molecule has 0 aliphatic rings. The molecular weight excluding hydrogens is 286 g/mol.